The van der Waals surface area contributed by atoms with Gasteiger partial charge in [-0.2, -0.15) is 4.31 Å². The van der Waals surface area contributed by atoms with Crippen LogP contribution in [-0.4, -0.2) is 45.3 Å². The number of nitrogens with zero attached hydrogens (tertiary/aromatic N) is 5. The molecule has 1 saturated heterocycles. The summed E-state index contributed by atoms with van der Waals surface area (Å²) in [6.45, 7) is 0.843. The van der Waals surface area contributed by atoms with Gasteiger partial charge in [0.2, 0.25) is 10.0 Å². The van der Waals surface area contributed by atoms with Crippen molar-refractivity contribution in [3.8, 4) is 10.7 Å². The van der Waals surface area contributed by atoms with Crippen LogP contribution in [0, 0.1) is 0 Å². The second kappa shape index (κ2) is 6.77. The van der Waals surface area contributed by atoms with Crippen LogP contribution >= 0.6 is 11.3 Å². The maximum Gasteiger partial charge on any atom is 0.244 e. The van der Waals surface area contributed by atoms with Crippen molar-refractivity contribution in [3.05, 3.63) is 60.4 Å². The molecule has 0 radical (unpaired) electrons. The van der Waals surface area contributed by atoms with Crippen LogP contribution in [0.3, 0.4) is 0 Å². The molecular formula is C19H17N5O2S2. The van der Waals surface area contributed by atoms with Crippen LogP contribution in [0.2, 0.25) is 0 Å². The number of fused-ring (bicyclic) bond motifs is 1. The largest absolute Gasteiger partial charge is 0.304 e. The van der Waals surface area contributed by atoms with Gasteiger partial charge in [0.05, 0.1) is 10.9 Å². The summed E-state index contributed by atoms with van der Waals surface area (Å²) in [5.74, 6) is 0.842. The van der Waals surface area contributed by atoms with Gasteiger partial charge in [-0.15, -0.1) is 11.3 Å². The molecule has 4 aromatic heterocycles. The molecule has 5 rings (SSSR count). The number of hydrogen-bond donors (Lipinski definition) is 0. The van der Waals surface area contributed by atoms with Gasteiger partial charge < -0.3 is 4.57 Å². The molecule has 5 heterocycles. The highest BCUT2D eigenvalue weighted by atomic mass is 32.2. The van der Waals surface area contributed by atoms with Crippen molar-refractivity contribution in [1.29, 1.82) is 0 Å². The van der Waals surface area contributed by atoms with Crippen LogP contribution < -0.4 is 0 Å². The average molecular weight is 412 g/mol. The Morgan fingerprint density at radius 3 is 2.79 bits per heavy atom. The number of hydrogen-bond acceptors (Lipinski definition) is 6. The molecule has 1 aliphatic rings. The first-order valence-corrected chi connectivity index (χ1v) is 11.2. The van der Waals surface area contributed by atoms with E-state index in [0.29, 0.717) is 19.5 Å². The van der Waals surface area contributed by atoms with Crippen molar-refractivity contribution in [1.82, 2.24) is 23.8 Å². The molecule has 1 fully saturated rings. The summed E-state index contributed by atoms with van der Waals surface area (Å²) in [5.41, 5.74) is 1.61. The van der Waals surface area contributed by atoms with Crippen LogP contribution in [0.15, 0.2) is 65.3 Å². The van der Waals surface area contributed by atoms with Crippen LogP contribution in [0.5, 0.6) is 0 Å². The molecule has 0 saturated carbocycles. The number of rotatable bonds is 4. The summed E-state index contributed by atoms with van der Waals surface area (Å²) >= 11 is 1.62. The van der Waals surface area contributed by atoms with Crippen molar-refractivity contribution in [2.75, 3.05) is 13.1 Å². The number of sulfonamides is 1. The van der Waals surface area contributed by atoms with E-state index in [2.05, 4.69) is 14.5 Å². The van der Waals surface area contributed by atoms with E-state index in [1.54, 1.807) is 35.9 Å². The smallest absolute Gasteiger partial charge is 0.244 e. The van der Waals surface area contributed by atoms with Crippen molar-refractivity contribution in [2.24, 2.45) is 0 Å². The van der Waals surface area contributed by atoms with Crippen molar-refractivity contribution < 1.29 is 8.42 Å². The minimum absolute atomic E-state index is 0.0246. The fourth-order valence-corrected chi connectivity index (χ4v) is 5.81. The third kappa shape index (κ3) is 2.83. The monoisotopic (exact) mass is 411 g/mol. The Bertz CT molecular complexity index is 1220. The molecule has 7 nitrogen and oxygen atoms in total. The first kappa shape index (κ1) is 17.5. The van der Waals surface area contributed by atoms with E-state index < -0.39 is 10.0 Å². The zero-order valence-corrected chi connectivity index (χ0v) is 16.5. The van der Waals surface area contributed by atoms with E-state index in [1.807, 2.05) is 29.6 Å². The highest BCUT2D eigenvalue weighted by Crippen LogP contribution is 2.35. The minimum Gasteiger partial charge on any atom is -0.304 e. The standard InChI is InChI=1S/C19H17N5O2S2/c25-28(26,15-4-1-8-20-12-15)23-10-7-14(13-23)24-18-16(5-2-9-21-18)22-19(24)17-6-3-11-27-17/h1-6,8-9,11-12,14H,7,10,13H2. The van der Waals surface area contributed by atoms with E-state index in [4.69, 9.17) is 4.98 Å². The lowest BCUT2D eigenvalue weighted by atomic mass is 10.2. The first-order valence-electron chi connectivity index (χ1n) is 8.91. The molecule has 142 valence electrons. The molecule has 1 unspecified atom stereocenters. The predicted octanol–water partition coefficient (Wildman–Crippen LogP) is 3.19. The Hall–Kier alpha value is -2.62. The van der Waals surface area contributed by atoms with Crippen molar-refractivity contribution in [2.45, 2.75) is 17.4 Å². The zero-order chi connectivity index (χ0) is 19.1. The molecule has 0 aromatic carbocycles. The zero-order valence-electron chi connectivity index (χ0n) is 14.8. The summed E-state index contributed by atoms with van der Waals surface area (Å²) in [5, 5.41) is 2.01. The van der Waals surface area contributed by atoms with Gasteiger partial charge in [-0.3, -0.25) is 4.98 Å². The van der Waals surface area contributed by atoms with Gasteiger partial charge in [0.1, 0.15) is 10.4 Å². The number of aromatic nitrogens is 4. The van der Waals surface area contributed by atoms with Crippen LogP contribution in [0.4, 0.5) is 0 Å². The van der Waals surface area contributed by atoms with Gasteiger partial charge in [0, 0.05) is 31.7 Å². The van der Waals surface area contributed by atoms with Crippen LogP contribution in [0.1, 0.15) is 12.5 Å². The highest BCUT2D eigenvalue weighted by molar-refractivity contribution is 7.89. The Labute approximate surface area is 166 Å². The molecule has 0 aliphatic carbocycles. The molecule has 0 N–H and O–H groups in total. The maximum absolute atomic E-state index is 13.0. The molecule has 0 amide bonds. The molecule has 0 bridgehead atoms. The van der Waals surface area contributed by atoms with E-state index >= 15 is 0 Å². The predicted molar refractivity (Wildman–Crippen MR) is 107 cm³/mol. The van der Waals surface area contributed by atoms with Gasteiger partial charge in [0.15, 0.2) is 11.5 Å². The number of pyridine rings is 2. The molecule has 9 heteroatoms. The van der Waals surface area contributed by atoms with E-state index in [9.17, 15) is 8.42 Å². The van der Waals surface area contributed by atoms with Gasteiger partial charge in [-0.25, -0.2) is 18.4 Å². The molecule has 1 atom stereocenters. The second-order valence-corrected chi connectivity index (χ2v) is 9.51. The Morgan fingerprint density at radius 2 is 2.00 bits per heavy atom. The summed E-state index contributed by atoms with van der Waals surface area (Å²) in [4.78, 5) is 14.5. The lowest BCUT2D eigenvalue weighted by molar-refractivity contribution is 0.455. The molecule has 1 aliphatic heterocycles. The Morgan fingerprint density at radius 1 is 1.11 bits per heavy atom. The number of thiophene rings is 1. The quantitative estimate of drug-likeness (QED) is 0.515. The summed E-state index contributed by atoms with van der Waals surface area (Å²) in [6, 6.07) is 11.0. The summed E-state index contributed by atoms with van der Waals surface area (Å²) in [7, 11) is -3.56. The van der Waals surface area contributed by atoms with E-state index in [0.717, 1.165) is 21.9 Å². The van der Waals surface area contributed by atoms with Gasteiger partial charge in [-0.05, 0) is 42.1 Å². The van der Waals surface area contributed by atoms with E-state index in [-0.39, 0.29) is 10.9 Å². The lowest BCUT2D eigenvalue weighted by Gasteiger charge is -2.18. The molecule has 0 spiro atoms. The lowest BCUT2D eigenvalue weighted by Crippen LogP contribution is -2.29. The fraction of sp³-hybridized carbons (Fsp3) is 0.211. The van der Waals surface area contributed by atoms with Gasteiger partial charge >= 0.3 is 0 Å². The summed E-state index contributed by atoms with van der Waals surface area (Å²) in [6.07, 6.45) is 5.42. The third-order valence-electron chi connectivity index (χ3n) is 4.95. The van der Waals surface area contributed by atoms with Crippen molar-refractivity contribution >= 4 is 32.5 Å². The van der Waals surface area contributed by atoms with Gasteiger partial charge in [-0.1, -0.05) is 6.07 Å². The second-order valence-electron chi connectivity index (χ2n) is 6.62. The van der Waals surface area contributed by atoms with Crippen LogP contribution in [0.25, 0.3) is 21.9 Å². The molecular weight excluding hydrogens is 394 g/mol. The summed E-state index contributed by atoms with van der Waals surface area (Å²) < 4.78 is 29.6. The molecule has 4 aromatic rings. The Balaban J connectivity index is 1.55. The van der Waals surface area contributed by atoms with E-state index in [1.165, 1.54) is 10.5 Å². The fourth-order valence-electron chi connectivity index (χ4n) is 3.64. The van der Waals surface area contributed by atoms with Gasteiger partial charge in [0.25, 0.3) is 0 Å². The van der Waals surface area contributed by atoms with Crippen LogP contribution in [-0.2, 0) is 10.0 Å². The SMILES string of the molecule is O=S(=O)(c1cccnc1)N1CCC(n2c(-c3cccs3)nc3cccnc32)C1. The number of imidazole rings is 1. The topological polar surface area (TPSA) is 81.0 Å². The first-order chi connectivity index (χ1) is 13.6. The maximum atomic E-state index is 13.0. The average Bonchev–Trinajstić information content (AvgIpc) is 3.46. The highest BCUT2D eigenvalue weighted by Gasteiger charge is 2.35. The van der Waals surface area contributed by atoms with Crippen molar-refractivity contribution in [3.63, 3.8) is 0 Å². The molecule has 28 heavy (non-hydrogen) atoms. The minimum atomic E-state index is -3.56. The third-order valence-corrected chi connectivity index (χ3v) is 7.67. The Kier molecular flexibility index (Phi) is 4.22. The normalized spacial score (nSPS) is 18.1.